The van der Waals surface area contributed by atoms with Crippen molar-refractivity contribution in [1.29, 1.82) is 0 Å². The number of aromatic nitrogens is 1. The van der Waals surface area contributed by atoms with Crippen LogP contribution in [0.4, 0.5) is 0 Å². The molecule has 2 heterocycles. The number of aryl methyl sites for hydroxylation is 1. The zero-order valence-corrected chi connectivity index (χ0v) is 14.1. The second-order valence-electron chi connectivity index (χ2n) is 7.16. The Bertz CT molecular complexity index is 784. The Morgan fingerprint density at radius 1 is 1.17 bits per heavy atom. The average molecular weight is 305 g/mol. The van der Waals surface area contributed by atoms with Crippen molar-refractivity contribution >= 4 is 5.57 Å². The maximum Gasteiger partial charge on any atom is 0.128 e. The van der Waals surface area contributed by atoms with Gasteiger partial charge in [-0.3, -0.25) is 4.98 Å². The highest BCUT2D eigenvalue weighted by Crippen LogP contribution is 2.47. The van der Waals surface area contributed by atoms with E-state index in [1.54, 1.807) is 0 Å². The first-order chi connectivity index (χ1) is 11.1. The van der Waals surface area contributed by atoms with Crippen LogP contribution in [-0.2, 0) is 0 Å². The number of rotatable bonds is 2. The zero-order valence-electron chi connectivity index (χ0n) is 14.1. The number of hydrogen-bond acceptors (Lipinski definition) is 2. The average Bonchev–Trinajstić information content (AvgIpc) is 2.52. The van der Waals surface area contributed by atoms with Crippen LogP contribution in [0.2, 0.25) is 0 Å². The number of nitrogens with zero attached hydrogens (tertiary/aromatic N) is 1. The van der Waals surface area contributed by atoms with E-state index in [2.05, 4.69) is 57.2 Å². The van der Waals surface area contributed by atoms with Gasteiger partial charge in [0.15, 0.2) is 0 Å². The molecular formula is C21H23NO. The minimum atomic E-state index is -0.0890. The van der Waals surface area contributed by atoms with Crippen molar-refractivity contribution in [2.45, 2.75) is 51.6 Å². The quantitative estimate of drug-likeness (QED) is 0.755. The largest absolute Gasteiger partial charge is 0.483 e. The lowest BCUT2D eigenvalue weighted by Gasteiger charge is -2.43. The molecule has 4 rings (SSSR count). The molecule has 0 saturated heterocycles. The number of benzene rings is 1. The summed E-state index contributed by atoms with van der Waals surface area (Å²) >= 11 is 0. The van der Waals surface area contributed by atoms with E-state index in [9.17, 15) is 0 Å². The predicted molar refractivity (Wildman–Crippen MR) is 93.8 cm³/mol. The number of hydrogen-bond donors (Lipinski definition) is 0. The molecule has 0 atom stereocenters. The van der Waals surface area contributed by atoms with Crippen LogP contribution < -0.4 is 4.74 Å². The summed E-state index contributed by atoms with van der Waals surface area (Å²) in [6.45, 7) is 6.56. The molecule has 1 spiro atoms. The predicted octanol–water partition coefficient (Wildman–Crippen LogP) is 5.26. The second kappa shape index (κ2) is 5.23. The van der Waals surface area contributed by atoms with Crippen LogP contribution >= 0.6 is 0 Å². The van der Waals surface area contributed by atoms with Gasteiger partial charge in [-0.05, 0) is 61.4 Å². The minimum Gasteiger partial charge on any atom is -0.483 e. The SMILES string of the molecule is Cc1cc(C2=CC3(CCC3)Oc3ccccc32)cnc1C(C)C. The van der Waals surface area contributed by atoms with Gasteiger partial charge in [0, 0.05) is 23.0 Å². The number of fused-ring (bicyclic) bond motifs is 1. The molecular weight excluding hydrogens is 282 g/mol. The summed E-state index contributed by atoms with van der Waals surface area (Å²) in [5, 5.41) is 0. The van der Waals surface area contributed by atoms with E-state index in [-0.39, 0.29) is 5.60 Å². The Balaban J connectivity index is 1.84. The van der Waals surface area contributed by atoms with E-state index >= 15 is 0 Å². The van der Waals surface area contributed by atoms with Crippen molar-refractivity contribution in [2.24, 2.45) is 0 Å². The van der Waals surface area contributed by atoms with Gasteiger partial charge in [0.25, 0.3) is 0 Å². The molecule has 0 radical (unpaired) electrons. The van der Waals surface area contributed by atoms with Crippen LogP contribution in [0.25, 0.3) is 5.57 Å². The van der Waals surface area contributed by atoms with Gasteiger partial charge >= 0.3 is 0 Å². The second-order valence-corrected chi connectivity index (χ2v) is 7.16. The highest BCUT2D eigenvalue weighted by Gasteiger charge is 2.41. The molecule has 1 aromatic carbocycles. The van der Waals surface area contributed by atoms with Crippen LogP contribution in [0.5, 0.6) is 5.75 Å². The normalized spacial score (nSPS) is 18.2. The van der Waals surface area contributed by atoms with E-state index < -0.39 is 0 Å². The highest BCUT2D eigenvalue weighted by atomic mass is 16.5. The van der Waals surface area contributed by atoms with Gasteiger partial charge in [-0.1, -0.05) is 32.0 Å². The van der Waals surface area contributed by atoms with E-state index in [0.717, 1.165) is 18.6 Å². The molecule has 0 bridgehead atoms. The Kier molecular flexibility index (Phi) is 3.29. The fourth-order valence-electron chi connectivity index (χ4n) is 3.71. The topological polar surface area (TPSA) is 22.1 Å². The fraction of sp³-hybridized carbons (Fsp3) is 0.381. The molecule has 0 N–H and O–H groups in total. The van der Waals surface area contributed by atoms with Crippen LogP contribution in [0.1, 0.15) is 61.4 Å². The lowest BCUT2D eigenvalue weighted by Crippen LogP contribution is -2.43. The molecule has 1 aliphatic carbocycles. The Hall–Kier alpha value is -2.09. The molecule has 0 unspecified atom stereocenters. The summed E-state index contributed by atoms with van der Waals surface area (Å²) in [5.74, 6) is 1.47. The van der Waals surface area contributed by atoms with Crippen LogP contribution in [0.3, 0.4) is 0 Å². The Morgan fingerprint density at radius 2 is 1.96 bits per heavy atom. The van der Waals surface area contributed by atoms with Crippen molar-refractivity contribution in [3.8, 4) is 5.75 Å². The summed E-state index contributed by atoms with van der Waals surface area (Å²) in [7, 11) is 0. The summed E-state index contributed by atoms with van der Waals surface area (Å²) < 4.78 is 6.30. The molecule has 1 saturated carbocycles. The molecule has 2 nitrogen and oxygen atoms in total. The van der Waals surface area contributed by atoms with Crippen LogP contribution in [0, 0.1) is 6.92 Å². The van der Waals surface area contributed by atoms with E-state index in [1.165, 1.54) is 34.4 Å². The molecule has 1 aliphatic heterocycles. The summed E-state index contributed by atoms with van der Waals surface area (Å²) in [5.41, 5.74) is 6.03. The number of pyridine rings is 1. The zero-order chi connectivity index (χ0) is 16.0. The lowest BCUT2D eigenvalue weighted by molar-refractivity contribution is 0.0377. The first kappa shape index (κ1) is 14.5. The fourth-order valence-corrected chi connectivity index (χ4v) is 3.71. The third-order valence-corrected chi connectivity index (χ3v) is 5.07. The molecule has 1 fully saturated rings. The number of ether oxygens (including phenoxy) is 1. The summed E-state index contributed by atoms with van der Waals surface area (Å²) in [4.78, 5) is 4.74. The first-order valence-electron chi connectivity index (χ1n) is 8.56. The van der Waals surface area contributed by atoms with Crippen molar-refractivity contribution in [1.82, 2.24) is 4.98 Å². The third kappa shape index (κ3) is 2.37. The molecule has 118 valence electrons. The van der Waals surface area contributed by atoms with E-state index in [1.807, 2.05) is 6.20 Å². The smallest absolute Gasteiger partial charge is 0.128 e. The van der Waals surface area contributed by atoms with E-state index in [4.69, 9.17) is 9.72 Å². The monoisotopic (exact) mass is 305 g/mol. The maximum atomic E-state index is 6.30. The Labute approximate surface area is 138 Å². The van der Waals surface area contributed by atoms with Gasteiger partial charge in [-0.25, -0.2) is 0 Å². The van der Waals surface area contributed by atoms with Crippen LogP contribution in [0.15, 0.2) is 42.6 Å². The van der Waals surface area contributed by atoms with Crippen molar-refractivity contribution < 1.29 is 4.74 Å². The molecule has 2 aromatic rings. The maximum absolute atomic E-state index is 6.30. The Morgan fingerprint density at radius 3 is 2.61 bits per heavy atom. The summed E-state index contributed by atoms with van der Waals surface area (Å²) in [6.07, 6.45) is 7.84. The van der Waals surface area contributed by atoms with Gasteiger partial charge in [0.05, 0.1) is 0 Å². The molecule has 1 aromatic heterocycles. The van der Waals surface area contributed by atoms with Gasteiger partial charge in [-0.2, -0.15) is 0 Å². The molecule has 0 amide bonds. The van der Waals surface area contributed by atoms with E-state index in [0.29, 0.717) is 5.92 Å². The lowest BCUT2D eigenvalue weighted by atomic mass is 9.75. The first-order valence-corrected chi connectivity index (χ1v) is 8.56. The standard InChI is InChI=1S/C21H23NO/c1-14(2)20-15(3)11-16(13-22-20)18-12-21(9-6-10-21)23-19-8-5-4-7-17(18)19/h4-5,7-8,11-14H,6,9-10H2,1-3H3. The van der Waals surface area contributed by atoms with Gasteiger partial charge < -0.3 is 4.74 Å². The van der Waals surface area contributed by atoms with Crippen LogP contribution in [-0.4, -0.2) is 10.6 Å². The summed E-state index contributed by atoms with van der Waals surface area (Å²) in [6, 6.07) is 10.7. The minimum absolute atomic E-state index is 0.0890. The van der Waals surface area contributed by atoms with Crippen molar-refractivity contribution in [3.63, 3.8) is 0 Å². The van der Waals surface area contributed by atoms with Crippen molar-refractivity contribution in [2.75, 3.05) is 0 Å². The van der Waals surface area contributed by atoms with Gasteiger partial charge in [0.1, 0.15) is 11.4 Å². The highest BCUT2D eigenvalue weighted by molar-refractivity contribution is 5.84. The molecule has 2 aliphatic rings. The third-order valence-electron chi connectivity index (χ3n) is 5.07. The number of para-hydroxylation sites is 1. The molecule has 2 heteroatoms. The molecule has 23 heavy (non-hydrogen) atoms. The van der Waals surface area contributed by atoms with Gasteiger partial charge in [-0.15, -0.1) is 0 Å². The van der Waals surface area contributed by atoms with Gasteiger partial charge in [0.2, 0.25) is 0 Å². The van der Waals surface area contributed by atoms with Crippen molar-refractivity contribution in [3.05, 3.63) is 65.0 Å².